The molecule has 0 aromatic carbocycles. The van der Waals surface area contributed by atoms with Gasteiger partial charge in [0.25, 0.3) is 0 Å². The molecule has 0 aliphatic rings. The molecular formula is C10H17N2O2+. The minimum absolute atomic E-state index is 0.0456. The lowest BCUT2D eigenvalue weighted by Crippen LogP contribution is -2.24. The molecule has 0 spiro atoms. The first-order chi connectivity index (χ1) is 6.59. The number of rotatable bonds is 4. The van der Waals surface area contributed by atoms with Crippen molar-refractivity contribution < 1.29 is 14.1 Å². The fraction of sp³-hybridized carbons (Fsp3) is 0.600. The van der Waals surface area contributed by atoms with Gasteiger partial charge < -0.3 is 4.74 Å². The maximum atomic E-state index is 11.1. The Bertz CT molecular complexity index is 305. The Morgan fingerprint density at radius 1 is 1.57 bits per heavy atom. The smallest absolute Gasteiger partial charge is 0.308 e. The number of hydrogen-bond acceptors (Lipinski definition) is 2. The summed E-state index contributed by atoms with van der Waals surface area (Å²) >= 11 is 0. The Balaban J connectivity index is 2.25. The van der Waals surface area contributed by atoms with Crippen molar-refractivity contribution in [2.75, 3.05) is 6.61 Å². The van der Waals surface area contributed by atoms with Crippen LogP contribution in [0, 0.1) is 5.92 Å². The Kier molecular flexibility index (Phi) is 3.68. The second-order valence-electron chi connectivity index (χ2n) is 3.64. The summed E-state index contributed by atoms with van der Waals surface area (Å²) in [5, 5.41) is 0. The number of carbonyl (C=O) groups is 1. The van der Waals surface area contributed by atoms with Crippen molar-refractivity contribution in [2.45, 2.75) is 20.4 Å². The van der Waals surface area contributed by atoms with Gasteiger partial charge in [0.05, 0.1) is 13.0 Å². The maximum Gasteiger partial charge on any atom is 0.308 e. The van der Waals surface area contributed by atoms with Gasteiger partial charge in [-0.15, -0.1) is 0 Å². The van der Waals surface area contributed by atoms with Gasteiger partial charge in [-0.3, -0.25) is 4.79 Å². The van der Waals surface area contributed by atoms with Crippen LogP contribution in [-0.2, 0) is 23.1 Å². The molecule has 1 aromatic heterocycles. The zero-order valence-electron chi connectivity index (χ0n) is 8.93. The molecule has 1 heterocycles. The standard InChI is InChI=1S/C10H17N2O2/c1-9(2)10(13)14-7-6-12-5-4-11(3)8-12/h4-5,8-9H,6-7H2,1-3H3/q+1. The van der Waals surface area contributed by atoms with Crippen molar-refractivity contribution in [1.82, 2.24) is 4.57 Å². The van der Waals surface area contributed by atoms with Crippen molar-refractivity contribution in [2.24, 2.45) is 13.0 Å². The average molecular weight is 197 g/mol. The number of imidazole rings is 1. The molecule has 0 saturated heterocycles. The number of carbonyl (C=O) groups excluding carboxylic acids is 1. The predicted molar refractivity (Wildman–Crippen MR) is 51.4 cm³/mol. The molecule has 0 radical (unpaired) electrons. The lowest BCUT2D eigenvalue weighted by Gasteiger charge is -2.04. The van der Waals surface area contributed by atoms with Gasteiger partial charge in [-0.05, 0) is 0 Å². The molecule has 0 fully saturated rings. The van der Waals surface area contributed by atoms with E-state index in [1.165, 1.54) is 0 Å². The van der Waals surface area contributed by atoms with Crippen LogP contribution in [0.2, 0.25) is 0 Å². The van der Waals surface area contributed by atoms with Crippen LogP contribution in [0.15, 0.2) is 18.7 Å². The van der Waals surface area contributed by atoms with Crippen LogP contribution in [0.5, 0.6) is 0 Å². The van der Waals surface area contributed by atoms with E-state index in [0.29, 0.717) is 13.2 Å². The van der Waals surface area contributed by atoms with Gasteiger partial charge in [0, 0.05) is 0 Å². The Morgan fingerprint density at radius 2 is 2.29 bits per heavy atom. The molecule has 0 aliphatic carbocycles. The number of nitrogens with zero attached hydrogens (tertiary/aromatic N) is 2. The normalized spacial score (nSPS) is 10.6. The molecule has 0 bridgehead atoms. The SMILES string of the molecule is CC(C)C(=O)OCCn1cc[n+](C)c1. The third-order valence-electron chi connectivity index (χ3n) is 1.89. The molecule has 0 atom stereocenters. The van der Waals surface area contributed by atoms with E-state index in [-0.39, 0.29) is 11.9 Å². The highest BCUT2D eigenvalue weighted by Crippen LogP contribution is 1.96. The Morgan fingerprint density at radius 3 is 2.79 bits per heavy atom. The summed E-state index contributed by atoms with van der Waals surface area (Å²) < 4.78 is 8.98. The highest BCUT2D eigenvalue weighted by atomic mass is 16.5. The van der Waals surface area contributed by atoms with Crippen molar-refractivity contribution in [3.8, 4) is 0 Å². The minimum Gasteiger partial charge on any atom is -0.461 e. The lowest BCUT2D eigenvalue weighted by molar-refractivity contribution is -0.671. The summed E-state index contributed by atoms with van der Waals surface area (Å²) in [5.74, 6) is -0.183. The fourth-order valence-electron chi connectivity index (χ4n) is 1.05. The van der Waals surface area contributed by atoms with Crippen LogP contribution in [-0.4, -0.2) is 17.1 Å². The molecule has 78 valence electrons. The van der Waals surface area contributed by atoms with Gasteiger partial charge in [-0.2, -0.15) is 0 Å². The van der Waals surface area contributed by atoms with Gasteiger partial charge >= 0.3 is 5.97 Å². The van der Waals surface area contributed by atoms with Gasteiger partial charge in [-0.25, -0.2) is 9.13 Å². The number of esters is 1. The zero-order chi connectivity index (χ0) is 10.6. The Hall–Kier alpha value is -1.32. The first kappa shape index (κ1) is 10.8. The molecule has 0 N–H and O–H groups in total. The van der Waals surface area contributed by atoms with E-state index in [9.17, 15) is 4.79 Å². The number of aryl methyl sites for hydroxylation is 1. The largest absolute Gasteiger partial charge is 0.461 e. The van der Waals surface area contributed by atoms with Crippen LogP contribution in [0.25, 0.3) is 0 Å². The summed E-state index contributed by atoms with van der Waals surface area (Å²) in [6.45, 7) is 4.81. The molecule has 0 saturated carbocycles. The van der Waals surface area contributed by atoms with E-state index in [1.54, 1.807) is 0 Å². The van der Waals surface area contributed by atoms with Crippen LogP contribution in [0.4, 0.5) is 0 Å². The number of ether oxygens (including phenoxy) is 1. The summed E-state index contributed by atoms with van der Waals surface area (Å²) in [6.07, 6.45) is 5.84. The van der Waals surface area contributed by atoms with Crippen molar-refractivity contribution in [3.63, 3.8) is 0 Å². The number of aromatic nitrogens is 2. The summed E-state index contributed by atoms with van der Waals surface area (Å²) in [6, 6.07) is 0. The van der Waals surface area contributed by atoms with Crippen LogP contribution >= 0.6 is 0 Å². The summed E-state index contributed by atoms with van der Waals surface area (Å²) in [4.78, 5) is 11.1. The molecule has 14 heavy (non-hydrogen) atoms. The van der Waals surface area contributed by atoms with E-state index in [0.717, 1.165) is 0 Å². The molecule has 0 amide bonds. The first-order valence-electron chi connectivity index (χ1n) is 4.77. The third-order valence-corrected chi connectivity index (χ3v) is 1.89. The lowest BCUT2D eigenvalue weighted by atomic mass is 10.2. The molecular weight excluding hydrogens is 180 g/mol. The molecule has 0 aliphatic heterocycles. The third kappa shape index (κ3) is 3.20. The van der Waals surface area contributed by atoms with Crippen LogP contribution in [0.3, 0.4) is 0 Å². The highest BCUT2D eigenvalue weighted by Gasteiger charge is 2.08. The fourth-order valence-corrected chi connectivity index (χ4v) is 1.05. The van der Waals surface area contributed by atoms with Crippen molar-refractivity contribution in [1.29, 1.82) is 0 Å². The van der Waals surface area contributed by atoms with E-state index in [2.05, 4.69) is 0 Å². The van der Waals surface area contributed by atoms with E-state index in [1.807, 2.05) is 48.8 Å². The van der Waals surface area contributed by atoms with E-state index < -0.39 is 0 Å². The molecule has 0 unspecified atom stereocenters. The summed E-state index contributed by atoms with van der Waals surface area (Å²) in [7, 11) is 1.95. The zero-order valence-corrected chi connectivity index (χ0v) is 8.93. The molecule has 4 heteroatoms. The highest BCUT2D eigenvalue weighted by molar-refractivity contribution is 5.71. The van der Waals surface area contributed by atoms with E-state index >= 15 is 0 Å². The van der Waals surface area contributed by atoms with Gasteiger partial charge in [-0.1, -0.05) is 13.8 Å². The monoisotopic (exact) mass is 197 g/mol. The van der Waals surface area contributed by atoms with Crippen molar-refractivity contribution in [3.05, 3.63) is 18.7 Å². The summed E-state index contributed by atoms with van der Waals surface area (Å²) in [5.41, 5.74) is 0. The van der Waals surface area contributed by atoms with Crippen LogP contribution in [0.1, 0.15) is 13.8 Å². The molecule has 1 rings (SSSR count). The first-order valence-corrected chi connectivity index (χ1v) is 4.77. The van der Waals surface area contributed by atoms with E-state index in [4.69, 9.17) is 4.74 Å². The molecule has 1 aromatic rings. The maximum absolute atomic E-state index is 11.1. The Labute approximate surface area is 84.1 Å². The minimum atomic E-state index is -0.137. The number of hydrogen-bond donors (Lipinski definition) is 0. The van der Waals surface area contributed by atoms with Crippen molar-refractivity contribution >= 4 is 5.97 Å². The molecule has 4 nitrogen and oxygen atoms in total. The average Bonchev–Trinajstić information content (AvgIpc) is 2.51. The van der Waals surface area contributed by atoms with Gasteiger partial charge in [0.2, 0.25) is 6.33 Å². The van der Waals surface area contributed by atoms with Gasteiger partial charge in [0.1, 0.15) is 25.5 Å². The second-order valence-corrected chi connectivity index (χ2v) is 3.64. The predicted octanol–water partition coefficient (Wildman–Crippen LogP) is 0.512. The van der Waals surface area contributed by atoms with Gasteiger partial charge in [0.15, 0.2) is 0 Å². The quantitative estimate of drug-likeness (QED) is 0.521. The topological polar surface area (TPSA) is 35.1 Å². The second kappa shape index (κ2) is 4.79. The van der Waals surface area contributed by atoms with Crippen LogP contribution < -0.4 is 4.57 Å².